The molecule has 18 heavy (non-hydrogen) atoms. The maximum atomic E-state index is 11.2. The zero-order valence-corrected chi connectivity index (χ0v) is 11.4. The van der Waals surface area contributed by atoms with Gasteiger partial charge in [-0.1, -0.05) is 24.3 Å². The topological polar surface area (TPSA) is 57.6 Å². The summed E-state index contributed by atoms with van der Waals surface area (Å²) in [5.41, 5.74) is 2.38. The van der Waals surface area contributed by atoms with Gasteiger partial charge < -0.3 is 5.11 Å². The van der Waals surface area contributed by atoms with Crippen LogP contribution in [0.3, 0.4) is 0 Å². The van der Waals surface area contributed by atoms with Crippen molar-refractivity contribution in [2.24, 2.45) is 0 Å². The molecular weight excluding hydrogens is 250 g/mol. The second kappa shape index (κ2) is 5.38. The molecule has 0 saturated heterocycles. The Balaban J connectivity index is 2.15. The van der Waals surface area contributed by atoms with E-state index in [1.165, 1.54) is 11.8 Å². The van der Waals surface area contributed by atoms with Gasteiger partial charge in [0.25, 0.3) is 0 Å². The van der Waals surface area contributed by atoms with Crippen LogP contribution in [-0.2, 0) is 16.3 Å². The van der Waals surface area contributed by atoms with E-state index in [1.54, 1.807) is 0 Å². The molecule has 1 aliphatic heterocycles. The summed E-state index contributed by atoms with van der Waals surface area (Å²) in [6.45, 7) is 1.32. The molecule has 1 aromatic carbocycles. The smallest absolute Gasteiger partial charge is 0.148 e. The zero-order valence-electron chi connectivity index (χ0n) is 10.5. The highest BCUT2D eigenvalue weighted by Gasteiger charge is 2.26. The fraction of sp³-hybridized carbons (Fsp3) is 0.538. The fourth-order valence-corrected chi connectivity index (χ4v) is 3.03. The second-order valence-electron chi connectivity index (χ2n) is 4.81. The number of hydrogen-bond donors (Lipinski definition) is 1. The van der Waals surface area contributed by atoms with Gasteiger partial charge in [-0.3, -0.25) is 4.90 Å². The van der Waals surface area contributed by atoms with Gasteiger partial charge in [0.1, 0.15) is 9.84 Å². The Kier molecular flexibility index (Phi) is 4.04. The van der Waals surface area contributed by atoms with Crippen LogP contribution in [-0.4, -0.2) is 50.1 Å². The summed E-state index contributed by atoms with van der Waals surface area (Å²) >= 11 is 0. The standard InChI is InChI=1S/C13H19NO3S/c1-18(16,17)9-8-14-7-6-11-4-2-3-5-12(11)13(14)10-15/h2-5,13,15H,6-10H2,1H3. The van der Waals surface area contributed by atoms with Gasteiger partial charge in [-0.15, -0.1) is 0 Å². The van der Waals surface area contributed by atoms with Gasteiger partial charge in [0.05, 0.1) is 18.4 Å². The summed E-state index contributed by atoms with van der Waals surface area (Å²) in [7, 11) is -2.96. The van der Waals surface area contributed by atoms with Crippen molar-refractivity contribution < 1.29 is 13.5 Å². The van der Waals surface area contributed by atoms with E-state index < -0.39 is 9.84 Å². The van der Waals surface area contributed by atoms with Crippen LogP contribution in [0.25, 0.3) is 0 Å². The molecule has 4 nitrogen and oxygen atoms in total. The summed E-state index contributed by atoms with van der Waals surface area (Å²) < 4.78 is 22.5. The largest absolute Gasteiger partial charge is 0.394 e. The summed E-state index contributed by atoms with van der Waals surface area (Å²) in [5.74, 6) is 0.145. The predicted octanol–water partition coefficient (Wildman–Crippen LogP) is 0.623. The molecule has 0 spiro atoms. The highest BCUT2D eigenvalue weighted by Crippen LogP contribution is 2.28. The van der Waals surface area contributed by atoms with Crippen LogP contribution in [0.5, 0.6) is 0 Å². The molecule has 1 N–H and O–H groups in total. The Morgan fingerprint density at radius 2 is 2.11 bits per heavy atom. The number of aliphatic hydroxyl groups is 1. The SMILES string of the molecule is CS(=O)(=O)CCN1CCc2ccccc2C1CO. The van der Waals surface area contributed by atoms with Crippen LogP contribution in [0.4, 0.5) is 0 Å². The van der Waals surface area contributed by atoms with Gasteiger partial charge in [-0.25, -0.2) is 8.42 Å². The Hall–Kier alpha value is -0.910. The third-order valence-corrected chi connectivity index (χ3v) is 4.37. The first-order valence-corrected chi connectivity index (χ1v) is 8.18. The first-order chi connectivity index (χ1) is 8.51. The highest BCUT2D eigenvalue weighted by atomic mass is 32.2. The third kappa shape index (κ3) is 3.10. The number of hydrogen-bond acceptors (Lipinski definition) is 4. The van der Waals surface area contributed by atoms with E-state index in [4.69, 9.17) is 0 Å². The van der Waals surface area contributed by atoms with Crippen LogP contribution in [0.2, 0.25) is 0 Å². The Bertz CT molecular complexity index is 513. The summed E-state index contributed by atoms with van der Waals surface area (Å²) in [6.07, 6.45) is 2.16. The summed E-state index contributed by atoms with van der Waals surface area (Å²) in [6, 6.07) is 7.98. The Morgan fingerprint density at radius 1 is 1.39 bits per heavy atom. The van der Waals surface area contributed by atoms with E-state index in [9.17, 15) is 13.5 Å². The first-order valence-electron chi connectivity index (χ1n) is 6.11. The molecular formula is C13H19NO3S. The molecule has 0 radical (unpaired) electrons. The average molecular weight is 269 g/mol. The lowest BCUT2D eigenvalue weighted by Crippen LogP contribution is -2.39. The van der Waals surface area contributed by atoms with Crippen molar-refractivity contribution in [2.75, 3.05) is 31.7 Å². The number of benzene rings is 1. The van der Waals surface area contributed by atoms with Crippen LogP contribution in [0, 0.1) is 0 Å². The van der Waals surface area contributed by atoms with Crippen molar-refractivity contribution in [1.82, 2.24) is 4.90 Å². The van der Waals surface area contributed by atoms with Crippen LogP contribution < -0.4 is 0 Å². The van der Waals surface area contributed by atoms with Gasteiger partial charge >= 0.3 is 0 Å². The quantitative estimate of drug-likeness (QED) is 0.870. The first kappa shape index (κ1) is 13.5. The molecule has 0 amide bonds. The molecule has 5 heteroatoms. The number of sulfone groups is 1. The van der Waals surface area contributed by atoms with E-state index in [2.05, 4.69) is 11.0 Å². The van der Waals surface area contributed by atoms with Gasteiger partial charge in [-0.2, -0.15) is 0 Å². The molecule has 1 aliphatic rings. The number of rotatable bonds is 4. The van der Waals surface area contributed by atoms with E-state index in [0.717, 1.165) is 18.5 Å². The molecule has 1 heterocycles. The number of aliphatic hydroxyl groups excluding tert-OH is 1. The van der Waals surface area contributed by atoms with Crippen molar-refractivity contribution in [2.45, 2.75) is 12.5 Å². The zero-order chi connectivity index (χ0) is 13.2. The molecule has 0 aromatic heterocycles. The van der Waals surface area contributed by atoms with Gasteiger partial charge in [0.2, 0.25) is 0 Å². The molecule has 1 atom stereocenters. The molecule has 1 aromatic rings. The lowest BCUT2D eigenvalue weighted by molar-refractivity contribution is 0.120. The molecule has 0 bridgehead atoms. The van der Waals surface area contributed by atoms with E-state index >= 15 is 0 Å². The van der Waals surface area contributed by atoms with Crippen molar-refractivity contribution in [1.29, 1.82) is 0 Å². The van der Waals surface area contributed by atoms with Gasteiger partial charge in [0.15, 0.2) is 0 Å². The molecule has 1 unspecified atom stereocenters. The second-order valence-corrected chi connectivity index (χ2v) is 7.07. The maximum Gasteiger partial charge on any atom is 0.148 e. The van der Waals surface area contributed by atoms with Crippen molar-refractivity contribution in [3.8, 4) is 0 Å². The van der Waals surface area contributed by atoms with E-state index in [-0.39, 0.29) is 18.4 Å². The molecule has 0 saturated carbocycles. The summed E-state index contributed by atoms with van der Waals surface area (Å²) in [5, 5.41) is 9.55. The van der Waals surface area contributed by atoms with Crippen molar-refractivity contribution >= 4 is 9.84 Å². The lowest BCUT2D eigenvalue weighted by atomic mass is 9.93. The number of fused-ring (bicyclic) bond motifs is 1. The Morgan fingerprint density at radius 3 is 2.78 bits per heavy atom. The van der Waals surface area contributed by atoms with E-state index in [0.29, 0.717) is 6.54 Å². The van der Waals surface area contributed by atoms with Crippen molar-refractivity contribution in [3.05, 3.63) is 35.4 Å². The minimum absolute atomic E-state index is 0.0285. The van der Waals surface area contributed by atoms with Gasteiger partial charge in [0, 0.05) is 19.3 Å². The predicted molar refractivity (Wildman–Crippen MR) is 71.3 cm³/mol. The fourth-order valence-electron chi connectivity index (χ4n) is 2.47. The average Bonchev–Trinajstić information content (AvgIpc) is 2.34. The van der Waals surface area contributed by atoms with Gasteiger partial charge in [-0.05, 0) is 17.5 Å². The third-order valence-electron chi connectivity index (χ3n) is 3.45. The maximum absolute atomic E-state index is 11.2. The molecule has 0 fully saturated rings. The van der Waals surface area contributed by atoms with Crippen LogP contribution in [0.15, 0.2) is 24.3 Å². The molecule has 0 aliphatic carbocycles. The number of nitrogens with zero attached hydrogens (tertiary/aromatic N) is 1. The van der Waals surface area contributed by atoms with E-state index in [1.807, 2.05) is 18.2 Å². The molecule has 2 rings (SSSR count). The van der Waals surface area contributed by atoms with Crippen molar-refractivity contribution in [3.63, 3.8) is 0 Å². The minimum Gasteiger partial charge on any atom is -0.394 e. The highest BCUT2D eigenvalue weighted by molar-refractivity contribution is 7.90. The van der Waals surface area contributed by atoms with Crippen LogP contribution in [0.1, 0.15) is 17.2 Å². The Labute approximate surface area is 108 Å². The minimum atomic E-state index is -2.96. The summed E-state index contributed by atoms with van der Waals surface area (Å²) in [4.78, 5) is 2.06. The normalized spacial score (nSPS) is 20.7. The molecule has 100 valence electrons. The monoisotopic (exact) mass is 269 g/mol. The lowest BCUT2D eigenvalue weighted by Gasteiger charge is -2.36. The van der Waals surface area contributed by atoms with Crippen LogP contribution >= 0.6 is 0 Å².